The highest BCUT2D eigenvalue weighted by atomic mass is 14.8. The molecule has 0 bridgehead atoms. The molecule has 35 valence electrons. The molecule has 0 unspecified atom stereocenters. The molecule has 0 spiro atoms. The molecule has 0 aliphatic heterocycles. The number of nitrogens with one attached hydrogen (secondary N) is 1. The third-order valence-electron chi connectivity index (χ3n) is 0.679. The van der Waals surface area contributed by atoms with Gasteiger partial charge < -0.3 is 4.98 Å². The number of imidazole rings is 1. The normalized spacial score (nSPS) is 8.57. The Morgan fingerprint density at radius 1 is 1.86 bits per heavy atom. The Kier molecular flexibility index (Phi) is 0.941. The molecule has 0 amide bonds. The van der Waals surface area contributed by atoms with Crippen molar-refractivity contribution in [1.82, 2.24) is 9.97 Å². The molecule has 0 fully saturated rings. The molecule has 2 nitrogen and oxygen atoms in total. The van der Waals surface area contributed by atoms with Crippen molar-refractivity contribution >= 4 is 0 Å². The lowest BCUT2D eigenvalue weighted by Gasteiger charge is -1.68. The summed E-state index contributed by atoms with van der Waals surface area (Å²) in [6.07, 6.45) is 5.93. The zero-order valence-corrected chi connectivity index (χ0v) is 3.81. The third kappa shape index (κ3) is 0.682. The summed E-state index contributed by atoms with van der Waals surface area (Å²) in [5.74, 6) is 0. The molecule has 2 heteroatoms. The Morgan fingerprint density at radius 2 is 2.71 bits per heavy atom. The Bertz CT molecular complexity index is 141. The van der Waals surface area contributed by atoms with E-state index in [2.05, 4.69) is 22.6 Å². The van der Waals surface area contributed by atoms with Gasteiger partial charge in [0.25, 0.3) is 0 Å². The van der Waals surface area contributed by atoms with Crippen molar-refractivity contribution in [3.8, 4) is 0 Å². The van der Waals surface area contributed by atoms with Crippen LogP contribution in [0.1, 0.15) is 5.69 Å². The predicted octanol–water partition coefficient (Wildman–Crippen LogP) is 0.747. The van der Waals surface area contributed by atoms with Gasteiger partial charge >= 0.3 is 0 Å². The zero-order chi connectivity index (χ0) is 5.11. The second kappa shape index (κ2) is 1.60. The van der Waals surface area contributed by atoms with Gasteiger partial charge in [-0.05, 0) is 0 Å². The van der Waals surface area contributed by atoms with Crippen molar-refractivity contribution in [2.45, 2.75) is 0 Å². The zero-order valence-electron chi connectivity index (χ0n) is 3.81. The van der Waals surface area contributed by atoms with Crippen LogP contribution in [0.15, 0.2) is 19.1 Å². The van der Waals surface area contributed by atoms with Crippen LogP contribution in [0.3, 0.4) is 0 Å². The van der Waals surface area contributed by atoms with Gasteiger partial charge in [0.1, 0.15) is 0 Å². The minimum absolute atomic E-state index is 0.764. The maximum Gasteiger partial charge on any atom is 0.0927 e. The van der Waals surface area contributed by atoms with Crippen LogP contribution in [0.5, 0.6) is 0 Å². The van der Waals surface area contributed by atoms with E-state index in [1.807, 2.05) is 0 Å². The first-order valence-corrected chi connectivity index (χ1v) is 1.95. The largest absolute Gasteiger partial charge is 0.351 e. The number of aromatic nitrogens is 2. The van der Waals surface area contributed by atoms with E-state index in [1.165, 1.54) is 0 Å². The third-order valence-corrected chi connectivity index (χ3v) is 0.679. The van der Waals surface area contributed by atoms with Crippen LogP contribution in [-0.4, -0.2) is 9.97 Å². The fourth-order valence-electron chi connectivity index (χ4n) is 0.357. The summed E-state index contributed by atoms with van der Waals surface area (Å²) >= 11 is 0. The van der Waals surface area contributed by atoms with Gasteiger partial charge in [0, 0.05) is 12.3 Å². The molecular weight excluding hydrogens is 88.1 g/mol. The van der Waals surface area contributed by atoms with Gasteiger partial charge in [-0.1, -0.05) is 6.58 Å². The van der Waals surface area contributed by atoms with Crippen molar-refractivity contribution in [1.29, 1.82) is 0 Å². The van der Waals surface area contributed by atoms with E-state index in [-0.39, 0.29) is 0 Å². The highest BCUT2D eigenvalue weighted by Gasteiger charge is 1.79. The van der Waals surface area contributed by atoms with Crippen molar-refractivity contribution in [2.75, 3.05) is 0 Å². The van der Waals surface area contributed by atoms with Crippen LogP contribution in [0.25, 0.3) is 0 Å². The molecule has 1 aromatic rings. The van der Waals surface area contributed by atoms with Crippen LogP contribution in [0.2, 0.25) is 0 Å². The topological polar surface area (TPSA) is 28.7 Å². The van der Waals surface area contributed by atoms with Gasteiger partial charge in [0.05, 0.1) is 12.0 Å². The maximum atomic E-state index is 3.81. The van der Waals surface area contributed by atoms with E-state index < -0.39 is 0 Å². The number of hydrogen-bond donors (Lipinski definition) is 1. The van der Waals surface area contributed by atoms with Gasteiger partial charge in [-0.3, -0.25) is 0 Å². The second-order valence-corrected chi connectivity index (χ2v) is 1.13. The number of nitrogens with zero attached hydrogens (tertiary/aromatic N) is 1. The fourth-order valence-corrected chi connectivity index (χ4v) is 0.357. The lowest BCUT2D eigenvalue weighted by atomic mass is 10.5. The van der Waals surface area contributed by atoms with E-state index in [0.717, 1.165) is 5.69 Å². The van der Waals surface area contributed by atoms with Gasteiger partial charge in [-0.2, -0.15) is 0 Å². The van der Waals surface area contributed by atoms with Gasteiger partial charge in [-0.25, -0.2) is 4.98 Å². The average molecular weight is 93.1 g/mol. The van der Waals surface area contributed by atoms with Crippen LogP contribution in [0, 0.1) is 6.08 Å². The van der Waals surface area contributed by atoms with Gasteiger partial charge in [0.2, 0.25) is 0 Å². The molecule has 1 heterocycles. The van der Waals surface area contributed by atoms with Crippen molar-refractivity contribution in [3.63, 3.8) is 0 Å². The molecule has 0 saturated heterocycles. The predicted molar refractivity (Wildman–Crippen MR) is 26.6 cm³/mol. The lowest BCUT2D eigenvalue weighted by Crippen LogP contribution is -1.64. The molecule has 0 saturated carbocycles. The number of hydrogen-bond acceptors (Lipinski definition) is 1. The number of H-pyrrole nitrogens is 1. The molecule has 1 N–H and O–H groups in total. The van der Waals surface area contributed by atoms with Crippen LogP contribution < -0.4 is 0 Å². The number of rotatable bonds is 1. The van der Waals surface area contributed by atoms with Crippen LogP contribution in [0.4, 0.5) is 0 Å². The Morgan fingerprint density at radius 3 is 3.00 bits per heavy atom. The minimum Gasteiger partial charge on any atom is -0.351 e. The molecule has 1 radical (unpaired) electrons. The maximum absolute atomic E-state index is 3.81. The Labute approximate surface area is 41.9 Å². The van der Waals surface area contributed by atoms with E-state index in [9.17, 15) is 0 Å². The second-order valence-electron chi connectivity index (χ2n) is 1.13. The summed E-state index contributed by atoms with van der Waals surface area (Å²) < 4.78 is 0. The molecule has 0 atom stereocenters. The van der Waals surface area contributed by atoms with Crippen molar-refractivity contribution < 1.29 is 0 Å². The summed E-state index contributed by atoms with van der Waals surface area (Å²) in [6.45, 7) is 3.40. The van der Waals surface area contributed by atoms with Crippen molar-refractivity contribution in [3.05, 3.63) is 30.9 Å². The summed E-state index contributed by atoms with van der Waals surface area (Å²) in [4.78, 5) is 6.57. The Balaban J connectivity index is 2.96. The summed E-state index contributed by atoms with van der Waals surface area (Å²) in [6, 6.07) is 0. The van der Waals surface area contributed by atoms with Crippen molar-refractivity contribution in [2.24, 2.45) is 0 Å². The first-order chi connectivity index (χ1) is 3.43. The SMILES string of the molecule is C=[C]c1c[nH]cn1. The fraction of sp³-hybridized carbons (Fsp3) is 0. The summed E-state index contributed by atoms with van der Waals surface area (Å²) in [5.41, 5.74) is 0.764. The van der Waals surface area contributed by atoms with Crippen LogP contribution >= 0.6 is 0 Å². The van der Waals surface area contributed by atoms with Gasteiger partial charge in [0.15, 0.2) is 0 Å². The first-order valence-electron chi connectivity index (χ1n) is 1.95. The molecule has 1 rings (SSSR count). The lowest BCUT2D eigenvalue weighted by molar-refractivity contribution is 1.29. The van der Waals surface area contributed by atoms with Crippen LogP contribution in [-0.2, 0) is 0 Å². The van der Waals surface area contributed by atoms with Gasteiger partial charge in [-0.15, -0.1) is 0 Å². The number of aromatic amines is 1. The highest BCUT2D eigenvalue weighted by molar-refractivity contribution is 5.02. The summed E-state index contributed by atoms with van der Waals surface area (Å²) in [5, 5.41) is 0. The Hall–Kier alpha value is -1.05. The summed E-state index contributed by atoms with van der Waals surface area (Å²) in [7, 11) is 0. The molecule has 0 aromatic carbocycles. The quantitative estimate of drug-likeness (QED) is 0.545. The van der Waals surface area contributed by atoms with E-state index in [4.69, 9.17) is 0 Å². The first kappa shape index (κ1) is 4.12. The molecule has 0 aliphatic carbocycles. The average Bonchev–Trinajstić information content (AvgIpc) is 2.14. The van der Waals surface area contributed by atoms with E-state index >= 15 is 0 Å². The minimum atomic E-state index is 0.764. The standard InChI is InChI=1S/C5H5N2/c1-2-5-3-6-4-7-5/h3-4H,1H2,(H,6,7). The molecule has 1 aromatic heterocycles. The highest BCUT2D eigenvalue weighted by Crippen LogP contribution is 1.85. The molecule has 0 aliphatic rings. The van der Waals surface area contributed by atoms with E-state index in [0.29, 0.717) is 0 Å². The monoisotopic (exact) mass is 93.0 g/mol. The molecule has 7 heavy (non-hydrogen) atoms. The smallest absolute Gasteiger partial charge is 0.0927 e. The van der Waals surface area contributed by atoms with E-state index in [1.54, 1.807) is 12.5 Å². The molecular formula is C5H5N2.